The first-order chi connectivity index (χ1) is 8.74. The molecule has 2 aromatic rings. The lowest BCUT2D eigenvalue weighted by atomic mass is 9.97. The Labute approximate surface area is 108 Å². The van der Waals surface area contributed by atoms with E-state index in [1.807, 2.05) is 6.07 Å². The van der Waals surface area contributed by atoms with Crippen molar-refractivity contribution in [2.45, 2.75) is 25.9 Å². The summed E-state index contributed by atoms with van der Waals surface area (Å²) in [5.41, 5.74) is 2.30. The van der Waals surface area contributed by atoms with Crippen LogP contribution in [0.4, 0.5) is 0 Å². The molecule has 1 saturated heterocycles. The summed E-state index contributed by atoms with van der Waals surface area (Å²) in [6, 6.07) is 9.41. The fraction of sp³-hybridized carbons (Fsp3) is 0.467. The van der Waals surface area contributed by atoms with Gasteiger partial charge in [0.25, 0.3) is 0 Å². The molecular weight excluding hydrogens is 224 g/mol. The predicted octanol–water partition coefficient (Wildman–Crippen LogP) is 2.69. The largest absolute Gasteiger partial charge is 0.464 e. The van der Waals surface area contributed by atoms with Crippen molar-refractivity contribution >= 4 is 11.0 Å². The van der Waals surface area contributed by atoms with Crippen LogP contribution in [-0.2, 0) is 0 Å². The van der Waals surface area contributed by atoms with Crippen LogP contribution in [0, 0.1) is 5.92 Å². The molecule has 1 aliphatic heterocycles. The number of benzene rings is 1. The van der Waals surface area contributed by atoms with Crippen LogP contribution in [0.15, 0.2) is 34.9 Å². The van der Waals surface area contributed by atoms with E-state index < -0.39 is 0 Å². The summed E-state index contributed by atoms with van der Waals surface area (Å²) in [5.74, 6) is 0.651. The fourth-order valence-electron chi connectivity index (χ4n) is 2.60. The summed E-state index contributed by atoms with van der Waals surface area (Å²) >= 11 is 0. The van der Waals surface area contributed by atoms with Gasteiger partial charge < -0.3 is 15.1 Å². The Morgan fingerprint density at radius 1 is 1.22 bits per heavy atom. The molecule has 3 nitrogen and oxygen atoms in total. The van der Waals surface area contributed by atoms with Crippen molar-refractivity contribution in [3.8, 4) is 0 Å². The van der Waals surface area contributed by atoms with Gasteiger partial charge in [0.05, 0.1) is 6.26 Å². The molecule has 3 rings (SSSR count). The van der Waals surface area contributed by atoms with E-state index in [1.165, 1.54) is 10.9 Å². The molecular formula is C15H20N2O. The quantitative estimate of drug-likeness (QED) is 0.853. The first kappa shape index (κ1) is 11.8. The smallest absolute Gasteiger partial charge is 0.133 e. The average molecular weight is 244 g/mol. The zero-order valence-electron chi connectivity index (χ0n) is 10.9. The highest BCUT2D eigenvalue weighted by molar-refractivity contribution is 5.77. The Balaban J connectivity index is 1.84. The molecule has 0 spiro atoms. The summed E-state index contributed by atoms with van der Waals surface area (Å²) in [5, 5.41) is 8.44. The van der Waals surface area contributed by atoms with Crippen molar-refractivity contribution in [3.63, 3.8) is 0 Å². The molecule has 2 heterocycles. The van der Waals surface area contributed by atoms with Crippen LogP contribution in [0.5, 0.6) is 0 Å². The minimum atomic E-state index is 0.394. The summed E-state index contributed by atoms with van der Waals surface area (Å²) in [7, 11) is 0. The first-order valence-corrected chi connectivity index (χ1v) is 6.68. The monoisotopic (exact) mass is 244 g/mol. The highest BCUT2D eigenvalue weighted by Crippen LogP contribution is 2.23. The number of hydrogen-bond donors (Lipinski definition) is 2. The fourth-order valence-corrected chi connectivity index (χ4v) is 2.60. The molecule has 1 aromatic carbocycles. The molecule has 1 aliphatic rings. The zero-order valence-corrected chi connectivity index (χ0v) is 10.9. The molecule has 0 bridgehead atoms. The normalized spacial score (nSPS) is 24.8. The third kappa shape index (κ3) is 2.16. The van der Waals surface area contributed by atoms with Crippen LogP contribution in [0.2, 0.25) is 0 Å². The molecule has 1 fully saturated rings. The lowest BCUT2D eigenvalue weighted by Gasteiger charge is -2.34. The van der Waals surface area contributed by atoms with Crippen LogP contribution in [-0.4, -0.2) is 19.1 Å². The van der Waals surface area contributed by atoms with Gasteiger partial charge >= 0.3 is 0 Å². The van der Waals surface area contributed by atoms with Crippen LogP contribution in [0.3, 0.4) is 0 Å². The maximum Gasteiger partial charge on any atom is 0.133 e. The SMILES string of the molecule is CC(C)C1CNCC(c2ccc3occc3c2)N1. The van der Waals surface area contributed by atoms with E-state index in [0.29, 0.717) is 18.0 Å². The Morgan fingerprint density at radius 3 is 2.94 bits per heavy atom. The van der Waals surface area contributed by atoms with Gasteiger partial charge in [-0.3, -0.25) is 0 Å². The van der Waals surface area contributed by atoms with Gasteiger partial charge in [-0.15, -0.1) is 0 Å². The van der Waals surface area contributed by atoms with Gasteiger partial charge in [-0.2, -0.15) is 0 Å². The number of furan rings is 1. The van der Waals surface area contributed by atoms with Gasteiger partial charge in [0, 0.05) is 30.6 Å². The molecule has 1 aromatic heterocycles. The number of rotatable bonds is 2. The van der Waals surface area contributed by atoms with Gasteiger partial charge in [-0.05, 0) is 29.7 Å². The van der Waals surface area contributed by atoms with Crippen LogP contribution in [0.25, 0.3) is 11.0 Å². The van der Waals surface area contributed by atoms with Crippen molar-refractivity contribution in [2.75, 3.05) is 13.1 Å². The highest BCUT2D eigenvalue weighted by Gasteiger charge is 2.23. The topological polar surface area (TPSA) is 37.2 Å². The van der Waals surface area contributed by atoms with E-state index >= 15 is 0 Å². The second-order valence-electron chi connectivity index (χ2n) is 5.45. The van der Waals surface area contributed by atoms with Crippen LogP contribution < -0.4 is 10.6 Å². The van der Waals surface area contributed by atoms with Crippen molar-refractivity contribution in [1.29, 1.82) is 0 Å². The molecule has 0 aliphatic carbocycles. The van der Waals surface area contributed by atoms with E-state index in [2.05, 4.69) is 42.7 Å². The Morgan fingerprint density at radius 2 is 2.11 bits per heavy atom. The molecule has 2 N–H and O–H groups in total. The molecule has 0 amide bonds. The van der Waals surface area contributed by atoms with E-state index in [4.69, 9.17) is 4.42 Å². The third-order valence-corrected chi connectivity index (χ3v) is 3.81. The van der Waals surface area contributed by atoms with Gasteiger partial charge in [-0.25, -0.2) is 0 Å². The maximum absolute atomic E-state index is 5.38. The van der Waals surface area contributed by atoms with E-state index in [-0.39, 0.29) is 0 Å². The lowest BCUT2D eigenvalue weighted by molar-refractivity contribution is 0.288. The molecule has 18 heavy (non-hydrogen) atoms. The first-order valence-electron chi connectivity index (χ1n) is 6.68. The van der Waals surface area contributed by atoms with Crippen molar-refractivity contribution in [3.05, 3.63) is 36.1 Å². The Kier molecular flexibility index (Phi) is 3.10. The number of hydrogen-bond acceptors (Lipinski definition) is 3. The van der Waals surface area contributed by atoms with Gasteiger partial charge in [0.15, 0.2) is 0 Å². The molecule has 2 atom stereocenters. The Bertz CT molecular complexity index is 532. The highest BCUT2D eigenvalue weighted by atomic mass is 16.3. The van der Waals surface area contributed by atoms with Gasteiger partial charge in [0.2, 0.25) is 0 Å². The number of fused-ring (bicyclic) bond motifs is 1. The van der Waals surface area contributed by atoms with E-state index in [9.17, 15) is 0 Å². The van der Waals surface area contributed by atoms with E-state index in [1.54, 1.807) is 6.26 Å². The van der Waals surface area contributed by atoms with Crippen molar-refractivity contribution in [2.24, 2.45) is 5.92 Å². The second kappa shape index (κ2) is 4.75. The van der Waals surface area contributed by atoms with Crippen molar-refractivity contribution < 1.29 is 4.42 Å². The lowest BCUT2D eigenvalue weighted by Crippen LogP contribution is -2.52. The average Bonchev–Trinajstić information content (AvgIpc) is 2.86. The summed E-state index contributed by atoms with van der Waals surface area (Å²) < 4.78 is 5.38. The van der Waals surface area contributed by atoms with Crippen LogP contribution in [0.1, 0.15) is 25.5 Å². The minimum absolute atomic E-state index is 0.394. The molecule has 3 heteroatoms. The molecule has 0 saturated carbocycles. The minimum Gasteiger partial charge on any atom is -0.464 e. The van der Waals surface area contributed by atoms with Crippen LogP contribution >= 0.6 is 0 Å². The number of nitrogens with one attached hydrogen (secondary N) is 2. The van der Waals surface area contributed by atoms with E-state index in [0.717, 1.165) is 18.7 Å². The zero-order chi connectivity index (χ0) is 12.5. The molecule has 2 unspecified atom stereocenters. The second-order valence-corrected chi connectivity index (χ2v) is 5.45. The standard InChI is InChI=1S/C15H20N2O/c1-10(2)13-8-16-9-14(17-13)11-3-4-15-12(7-11)5-6-18-15/h3-7,10,13-14,16-17H,8-9H2,1-2H3. The molecule has 0 radical (unpaired) electrons. The summed E-state index contributed by atoms with van der Waals surface area (Å²) in [4.78, 5) is 0. The molecule has 96 valence electrons. The summed E-state index contributed by atoms with van der Waals surface area (Å²) in [6.07, 6.45) is 1.75. The summed E-state index contributed by atoms with van der Waals surface area (Å²) in [6.45, 7) is 6.58. The van der Waals surface area contributed by atoms with Gasteiger partial charge in [0.1, 0.15) is 5.58 Å². The number of piperazine rings is 1. The predicted molar refractivity (Wildman–Crippen MR) is 73.6 cm³/mol. The maximum atomic E-state index is 5.38. The Hall–Kier alpha value is -1.32. The van der Waals surface area contributed by atoms with Crippen molar-refractivity contribution in [1.82, 2.24) is 10.6 Å². The van der Waals surface area contributed by atoms with Gasteiger partial charge in [-0.1, -0.05) is 19.9 Å². The third-order valence-electron chi connectivity index (χ3n) is 3.81.